The zero-order chi connectivity index (χ0) is 50.2. The van der Waals surface area contributed by atoms with E-state index in [4.69, 9.17) is 33.2 Å². The Kier molecular flexibility index (Phi) is 13.6. The van der Waals surface area contributed by atoms with Crippen molar-refractivity contribution in [2.45, 2.75) is 152 Å². The largest absolute Gasteiger partial charge is 0.507 e. The van der Waals surface area contributed by atoms with E-state index in [1.54, 1.807) is 6.07 Å². The molecule has 360 valence electrons. The standard InChI is InChI=1S/C47H63O4P.C11H6ClO3P/c1-27-19-32(39(48)36(21-27)45(10,11)12)33-20-28(2)22-37(46(13,14)15)41(33)50-52-49-40-29(3)23-30(43(4,5)6)24-34(40)35-25-31(44(7,8)9)26-38(42(35)51-52)47(16,17)18;12-16-14-10-8-4-2-1-3-7(8)5-6-9(10)11(13)15-16/h19-26,48H,1-18H3;1-6H. The molecule has 0 saturated heterocycles. The van der Waals surface area contributed by atoms with E-state index in [-0.39, 0.29) is 32.8 Å². The van der Waals surface area contributed by atoms with Crippen LogP contribution in [0.5, 0.6) is 17.2 Å². The summed E-state index contributed by atoms with van der Waals surface area (Å²) in [6.07, 6.45) is 0. The lowest BCUT2D eigenvalue weighted by molar-refractivity contribution is 0.0729. The fourth-order valence-electron chi connectivity index (χ4n) is 8.62. The highest BCUT2D eigenvalue weighted by molar-refractivity contribution is 7.76. The van der Waals surface area contributed by atoms with Gasteiger partial charge >= 0.3 is 21.9 Å². The summed E-state index contributed by atoms with van der Waals surface area (Å²) in [4.78, 5) is 11.6. The van der Waals surface area contributed by atoms with Crippen molar-refractivity contribution in [3.05, 3.63) is 135 Å². The van der Waals surface area contributed by atoms with Gasteiger partial charge in [-0.05, 0) is 123 Å². The van der Waals surface area contributed by atoms with Crippen molar-refractivity contribution in [1.29, 1.82) is 0 Å². The van der Waals surface area contributed by atoms with E-state index in [1.807, 2.05) is 30.3 Å². The number of hydrogen-bond acceptors (Lipinski definition) is 7. The molecule has 0 amide bonds. The highest BCUT2D eigenvalue weighted by Crippen LogP contribution is 2.53. The van der Waals surface area contributed by atoms with Crippen LogP contribution in [0.4, 0.5) is 0 Å². The fourth-order valence-corrected chi connectivity index (χ4v) is 10.8. The Hall–Kier alpha value is -4.93. The molecule has 0 spiro atoms. The quantitative estimate of drug-likeness (QED) is 0.176. The Bertz CT molecular complexity index is 3150. The van der Waals surface area contributed by atoms with Crippen LogP contribution in [0.25, 0.3) is 43.8 Å². The van der Waals surface area contributed by atoms with Gasteiger partial charge in [0, 0.05) is 44.0 Å². The molecule has 2 unspecified atom stereocenters. The number of halogens is 1. The topological polar surface area (TPSA) is 91.3 Å². The molecule has 7 nitrogen and oxygen atoms in total. The molecule has 0 fully saturated rings. The van der Waals surface area contributed by atoms with Gasteiger partial charge in [0.15, 0.2) is 5.75 Å². The summed E-state index contributed by atoms with van der Waals surface area (Å²) in [6, 6.07) is 28.8. The minimum absolute atomic E-state index is 0.0665. The second kappa shape index (κ2) is 18.1. The minimum Gasteiger partial charge on any atom is -0.507 e. The van der Waals surface area contributed by atoms with Crippen molar-refractivity contribution in [2.24, 2.45) is 0 Å². The summed E-state index contributed by atoms with van der Waals surface area (Å²) in [6.45, 7) is 39.6. The molecule has 1 N–H and O–H groups in total. The molecule has 1 aliphatic rings. The minimum atomic E-state index is -2.01. The maximum absolute atomic E-state index is 12.0. The van der Waals surface area contributed by atoms with Crippen LogP contribution >= 0.6 is 27.2 Å². The maximum Gasteiger partial charge on any atom is 0.453 e. The van der Waals surface area contributed by atoms with Gasteiger partial charge in [-0.15, -0.1) is 0 Å². The van der Waals surface area contributed by atoms with Crippen molar-refractivity contribution in [2.75, 3.05) is 0 Å². The van der Waals surface area contributed by atoms with Crippen LogP contribution in [0.3, 0.4) is 0 Å². The first-order valence-corrected chi connectivity index (χ1v) is 26.6. The van der Waals surface area contributed by atoms with E-state index < -0.39 is 21.9 Å². The van der Waals surface area contributed by atoms with Crippen LogP contribution in [0.15, 0.2) is 93.3 Å². The monoisotopic (exact) mass is 974 g/mol. The Morgan fingerprint density at radius 1 is 0.529 bits per heavy atom. The maximum atomic E-state index is 12.0. The molecule has 68 heavy (non-hydrogen) atoms. The summed E-state index contributed by atoms with van der Waals surface area (Å²) in [5.41, 5.74) is 11.4. The van der Waals surface area contributed by atoms with Gasteiger partial charge in [0.25, 0.3) is 0 Å². The molecule has 10 heteroatoms. The van der Waals surface area contributed by atoms with Gasteiger partial charge in [-0.25, -0.2) is 4.79 Å². The second-order valence-electron chi connectivity index (χ2n) is 23.6. The van der Waals surface area contributed by atoms with E-state index in [0.717, 1.165) is 77.2 Å². The lowest BCUT2D eigenvalue weighted by Gasteiger charge is -2.27. The lowest BCUT2D eigenvalue weighted by atomic mass is 9.79. The molecule has 1 aromatic heterocycles. The first kappa shape index (κ1) is 50.9. The second-order valence-corrected chi connectivity index (χ2v) is 26.2. The fraction of sp³-hybridized carbons (Fsp3) is 0.397. The molecule has 2 atom stereocenters. The Balaban J connectivity index is 0.000000356. The number of carbonyl (C=O) groups is 1. The Labute approximate surface area is 410 Å². The van der Waals surface area contributed by atoms with E-state index >= 15 is 0 Å². The molecule has 0 bridgehead atoms. The number of phenols is 1. The number of benzene rings is 6. The van der Waals surface area contributed by atoms with Gasteiger partial charge in [-0.1, -0.05) is 158 Å². The van der Waals surface area contributed by atoms with E-state index in [2.05, 4.69) is 173 Å². The zero-order valence-corrected chi connectivity index (χ0v) is 45.8. The predicted molar refractivity (Wildman–Crippen MR) is 286 cm³/mol. The van der Waals surface area contributed by atoms with E-state index in [1.165, 1.54) is 11.1 Å². The van der Waals surface area contributed by atoms with Crippen LogP contribution in [-0.4, -0.2) is 11.1 Å². The van der Waals surface area contributed by atoms with Crippen LogP contribution in [0, 0.1) is 20.8 Å². The normalized spacial score (nSPS) is 14.8. The summed E-state index contributed by atoms with van der Waals surface area (Å²) < 4.78 is 31.6. The number of aromatic hydroxyl groups is 1. The van der Waals surface area contributed by atoms with Crippen LogP contribution < -0.4 is 9.05 Å². The summed E-state index contributed by atoms with van der Waals surface area (Å²) in [7, 11) is -3.68. The van der Waals surface area contributed by atoms with Crippen molar-refractivity contribution in [1.82, 2.24) is 0 Å². The highest BCUT2D eigenvalue weighted by Gasteiger charge is 2.32. The molecule has 8 rings (SSSR count). The Morgan fingerprint density at radius 2 is 1.06 bits per heavy atom. The molecule has 7 aromatic rings. The first-order valence-electron chi connectivity index (χ1n) is 23.4. The summed E-state index contributed by atoms with van der Waals surface area (Å²) >= 11 is 5.74. The van der Waals surface area contributed by atoms with Crippen LogP contribution in [0.2, 0.25) is 0 Å². The third-order valence-electron chi connectivity index (χ3n) is 12.5. The molecule has 2 heterocycles. The van der Waals surface area contributed by atoms with Gasteiger partial charge < -0.3 is 27.1 Å². The number of fused-ring (bicyclic) bond motifs is 6. The average Bonchev–Trinajstić information content (AvgIpc) is 3.36. The van der Waals surface area contributed by atoms with E-state index in [9.17, 15) is 9.90 Å². The smallest absolute Gasteiger partial charge is 0.453 e. The third-order valence-corrected chi connectivity index (χ3v) is 14.5. The van der Waals surface area contributed by atoms with Crippen molar-refractivity contribution in [3.8, 4) is 28.4 Å². The molecule has 0 radical (unpaired) electrons. The van der Waals surface area contributed by atoms with Crippen LogP contribution in [-0.2, 0) is 31.6 Å². The summed E-state index contributed by atoms with van der Waals surface area (Å²) in [5.74, 6) is 1.04. The first-order chi connectivity index (χ1) is 31.3. The van der Waals surface area contributed by atoms with Gasteiger partial charge in [0.05, 0.1) is 0 Å². The number of aryl methyl sites for hydroxylation is 3. The SMILES string of the molecule is Cc1cc(-c2cc(C)cc(C(C)(C)C)c2Op2oc3c(C)cc(C(C)(C)C)cc3c3cc(C(C)(C)C)cc(C(C)(C)C)c3o2)c(O)c(C(C)(C)C)c1.O=C1OP(Cl)Oc2c1ccc1ccccc21. The average molecular weight is 976 g/mol. The molecule has 1 aliphatic heterocycles. The third kappa shape index (κ3) is 10.5. The van der Waals surface area contributed by atoms with Gasteiger partial charge in [-0.3, -0.25) is 0 Å². The number of hydrogen-bond donors (Lipinski definition) is 1. The van der Waals surface area contributed by atoms with Gasteiger partial charge in [-0.2, -0.15) is 0 Å². The predicted octanol–water partition coefficient (Wildman–Crippen LogP) is 18.8. The lowest BCUT2D eigenvalue weighted by Crippen LogP contribution is -2.16. The molecule has 0 aliphatic carbocycles. The molecule has 6 aromatic carbocycles. The van der Waals surface area contributed by atoms with Crippen molar-refractivity contribution in [3.63, 3.8) is 0 Å². The van der Waals surface area contributed by atoms with E-state index in [0.29, 0.717) is 17.1 Å². The molecular formula is C58H69ClO7P2. The summed E-state index contributed by atoms with van der Waals surface area (Å²) in [5, 5.41) is 15.9. The van der Waals surface area contributed by atoms with Gasteiger partial charge in [0.2, 0.25) is 0 Å². The van der Waals surface area contributed by atoms with Gasteiger partial charge in [0.1, 0.15) is 28.2 Å². The zero-order valence-electron chi connectivity index (χ0n) is 43.3. The Morgan fingerprint density at radius 3 is 1.65 bits per heavy atom. The number of rotatable bonds is 3. The highest BCUT2D eigenvalue weighted by atomic mass is 35.7. The number of phenolic OH excluding ortho intramolecular Hbond substituents is 1. The molecule has 0 saturated carbocycles. The van der Waals surface area contributed by atoms with Crippen LogP contribution in [0.1, 0.15) is 159 Å². The molecular weight excluding hydrogens is 906 g/mol. The van der Waals surface area contributed by atoms with Crippen molar-refractivity contribution < 1.29 is 31.9 Å². The van der Waals surface area contributed by atoms with Crippen molar-refractivity contribution >= 4 is 65.9 Å². The number of carbonyl (C=O) groups excluding carboxylic acids is 1.